The molecule has 2 fully saturated rings. The third-order valence-electron chi connectivity index (χ3n) is 5.01. The normalized spacial score (nSPS) is 22.7. The minimum absolute atomic E-state index is 0.0394. The molecule has 0 saturated carbocycles. The first-order valence-corrected chi connectivity index (χ1v) is 10.6. The summed E-state index contributed by atoms with van der Waals surface area (Å²) >= 11 is 0. The van der Waals surface area contributed by atoms with Crippen LogP contribution in [0.5, 0.6) is 0 Å². The van der Waals surface area contributed by atoms with Crippen LogP contribution in [0.25, 0.3) is 0 Å². The van der Waals surface area contributed by atoms with Gasteiger partial charge in [0.05, 0.1) is 5.75 Å². The van der Waals surface area contributed by atoms with Gasteiger partial charge in [0, 0.05) is 32.1 Å². The molecule has 0 aromatic rings. The lowest BCUT2D eigenvalue weighted by Gasteiger charge is -2.30. The first-order valence-electron chi connectivity index (χ1n) is 9.01. The number of sulfonamides is 1. The number of rotatable bonds is 6. The minimum atomic E-state index is -3.11. The molecule has 0 unspecified atom stereocenters. The van der Waals surface area contributed by atoms with E-state index in [1.807, 2.05) is 0 Å². The van der Waals surface area contributed by atoms with Crippen LogP contribution in [0.3, 0.4) is 0 Å². The number of nitrogens with one attached hydrogen (secondary N) is 1. The van der Waals surface area contributed by atoms with Crippen molar-refractivity contribution in [1.82, 2.24) is 14.5 Å². The van der Waals surface area contributed by atoms with Gasteiger partial charge in [-0.25, -0.2) is 12.7 Å². The van der Waals surface area contributed by atoms with Gasteiger partial charge in [-0.05, 0) is 45.7 Å². The van der Waals surface area contributed by atoms with Gasteiger partial charge in [-0.15, -0.1) is 0 Å². The summed E-state index contributed by atoms with van der Waals surface area (Å²) in [5.41, 5.74) is 0. The van der Waals surface area contributed by atoms with Gasteiger partial charge >= 0.3 is 0 Å². The Kier molecular flexibility index (Phi) is 7.30. The molecule has 23 heavy (non-hydrogen) atoms. The number of amides is 1. The standard InChI is InChI=1S/C16H31N3O3S/c1-2-23(21,22)19-12-7-15(8-13-19)16(20)17-9-14-18-10-5-3-4-6-11-18/h15H,2-14H2,1H3,(H,17,20). The first-order chi connectivity index (χ1) is 11.0. The molecule has 2 aliphatic rings. The Morgan fingerprint density at radius 2 is 1.65 bits per heavy atom. The minimum Gasteiger partial charge on any atom is -0.355 e. The second kappa shape index (κ2) is 8.99. The van der Waals surface area contributed by atoms with Crippen molar-refractivity contribution in [2.75, 3.05) is 45.0 Å². The third-order valence-corrected chi connectivity index (χ3v) is 6.89. The van der Waals surface area contributed by atoms with Crippen LogP contribution in [0.4, 0.5) is 0 Å². The molecule has 1 N–H and O–H groups in total. The Labute approximate surface area is 140 Å². The van der Waals surface area contributed by atoms with E-state index in [1.54, 1.807) is 6.92 Å². The van der Waals surface area contributed by atoms with Gasteiger partial charge in [-0.1, -0.05) is 12.8 Å². The summed E-state index contributed by atoms with van der Waals surface area (Å²) in [5.74, 6) is 0.190. The van der Waals surface area contributed by atoms with E-state index in [1.165, 1.54) is 30.0 Å². The van der Waals surface area contributed by atoms with Crippen LogP contribution >= 0.6 is 0 Å². The van der Waals surface area contributed by atoms with Crippen molar-refractivity contribution in [3.05, 3.63) is 0 Å². The Balaban J connectivity index is 1.67. The number of nitrogens with zero attached hydrogens (tertiary/aromatic N) is 2. The van der Waals surface area contributed by atoms with Crippen molar-refractivity contribution in [3.63, 3.8) is 0 Å². The summed E-state index contributed by atoms with van der Waals surface area (Å²) in [5, 5.41) is 3.04. The van der Waals surface area contributed by atoms with E-state index in [4.69, 9.17) is 0 Å². The zero-order valence-corrected chi connectivity index (χ0v) is 15.1. The quantitative estimate of drug-likeness (QED) is 0.781. The van der Waals surface area contributed by atoms with E-state index in [-0.39, 0.29) is 17.6 Å². The fourth-order valence-corrected chi connectivity index (χ4v) is 4.55. The maximum absolute atomic E-state index is 12.2. The summed E-state index contributed by atoms with van der Waals surface area (Å²) in [6.45, 7) is 6.52. The molecule has 6 nitrogen and oxygen atoms in total. The second-order valence-corrected chi connectivity index (χ2v) is 8.88. The molecule has 134 valence electrons. The van der Waals surface area contributed by atoms with Gasteiger partial charge in [0.25, 0.3) is 0 Å². The molecule has 0 radical (unpaired) electrons. The van der Waals surface area contributed by atoms with Gasteiger partial charge in [-0.2, -0.15) is 0 Å². The molecule has 0 spiro atoms. The summed E-state index contributed by atoms with van der Waals surface area (Å²) < 4.78 is 25.2. The van der Waals surface area contributed by atoms with E-state index >= 15 is 0 Å². The largest absolute Gasteiger partial charge is 0.355 e. The van der Waals surface area contributed by atoms with Crippen molar-refractivity contribution in [2.45, 2.75) is 45.4 Å². The van der Waals surface area contributed by atoms with Crippen LogP contribution in [-0.4, -0.2) is 68.6 Å². The van der Waals surface area contributed by atoms with E-state index in [0.717, 1.165) is 19.6 Å². The summed E-state index contributed by atoms with van der Waals surface area (Å²) in [6, 6.07) is 0. The van der Waals surface area contributed by atoms with Gasteiger partial charge in [0.15, 0.2) is 0 Å². The van der Waals surface area contributed by atoms with Crippen molar-refractivity contribution in [1.29, 1.82) is 0 Å². The molecule has 2 aliphatic heterocycles. The predicted octanol–water partition coefficient (Wildman–Crippen LogP) is 1.04. The SMILES string of the molecule is CCS(=O)(=O)N1CCC(C(=O)NCCN2CCCCCC2)CC1. The highest BCUT2D eigenvalue weighted by atomic mass is 32.2. The zero-order chi connectivity index (χ0) is 16.7. The van der Waals surface area contributed by atoms with Crippen LogP contribution in [0.15, 0.2) is 0 Å². The van der Waals surface area contributed by atoms with Crippen molar-refractivity contribution >= 4 is 15.9 Å². The summed E-state index contributed by atoms with van der Waals surface area (Å²) in [4.78, 5) is 14.7. The van der Waals surface area contributed by atoms with Crippen molar-refractivity contribution in [3.8, 4) is 0 Å². The maximum Gasteiger partial charge on any atom is 0.223 e. The second-order valence-electron chi connectivity index (χ2n) is 6.62. The smallest absolute Gasteiger partial charge is 0.223 e. The molecular formula is C16H31N3O3S. The van der Waals surface area contributed by atoms with E-state index < -0.39 is 10.0 Å². The molecule has 0 aromatic carbocycles. The lowest BCUT2D eigenvalue weighted by atomic mass is 9.97. The fourth-order valence-electron chi connectivity index (χ4n) is 3.42. The van der Waals surface area contributed by atoms with Crippen molar-refractivity contribution in [2.24, 2.45) is 5.92 Å². The van der Waals surface area contributed by atoms with E-state index in [0.29, 0.717) is 32.5 Å². The Morgan fingerprint density at radius 1 is 1.04 bits per heavy atom. The lowest BCUT2D eigenvalue weighted by Crippen LogP contribution is -2.44. The van der Waals surface area contributed by atoms with Crippen LogP contribution in [0.1, 0.15) is 45.4 Å². The maximum atomic E-state index is 12.2. The molecule has 7 heteroatoms. The number of likely N-dealkylation sites (tertiary alicyclic amines) is 1. The highest BCUT2D eigenvalue weighted by molar-refractivity contribution is 7.89. The van der Waals surface area contributed by atoms with Crippen LogP contribution < -0.4 is 5.32 Å². The highest BCUT2D eigenvalue weighted by Gasteiger charge is 2.29. The van der Waals surface area contributed by atoms with Crippen molar-refractivity contribution < 1.29 is 13.2 Å². The molecule has 2 rings (SSSR count). The monoisotopic (exact) mass is 345 g/mol. The van der Waals surface area contributed by atoms with Crippen LogP contribution in [0, 0.1) is 5.92 Å². The zero-order valence-electron chi connectivity index (χ0n) is 14.3. The first kappa shape index (κ1) is 18.7. The lowest BCUT2D eigenvalue weighted by molar-refractivity contribution is -0.126. The average molecular weight is 346 g/mol. The average Bonchev–Trinajstić information content (AvgIpc) is 2.83. The molecule has 2 saturated heterocycles. The van der Waals surface area contributed by atoms with Gasteiger partial charge in [-0.3, -0.25) is 4.79 Å². The Morgan fingerprint density at radius 3 is 2.22 bits per heavy atom. The van der Waals surface area contributed by atoms with Crippen LogP contribution in [0.2, 0.25) is 0 Å². The molecular weight excluding hydrogens is 314 g/mol. The Bertz CT molecular complexity index is 465. The molecule has 0 aromatic heterocycles. The number of hydrogen-bond acceptors (Lipinski definition) is 4. The molecule has 0 atom stereocenters. The predicted molar refractivity (Wildman–Crippen MR) is 91.7 cm³/mol. The fraction of sp³-hybridized carbons (Fsp3) is 0.938. The molecule has 0 aliphatic carbocycles. The van der Waals surface area contributed by atoms with Gasteiger partial charge in [0.1, 0.15) is 0 Å². The molecule has 0 bridgehead atoms. The van der Waals surface area contributed by atoms with Gasteiger partial charge in [0.2, 0.25) is 15.9 Å². The third kappa shape index (κ3) is 5.72. The molecule has 1 amide bonds. The van der Waals surface area contributed by atoms with E-state index in [2.05, 4.69) is 10.2 Å². The number of piperidine rings is 1. The highest BCUT2D eigenvalue weighted by Crippen LogP contribution is 2.20. The Hall–Kier alpha value is -0.660. The van der Waals surface area contributed by atoms with E-state index in [9.17, 15) is 13.2 Å². The summed E-state index contributed by atoms with van der Waals surface area (Å²) in [7, 11) is -3.11. The number of carbonyl (C=O) groups excluding carboxylic acids is 1. The van der Waals surface area contributed by atoms with Crippen LogP contribution in [-0.2, 0) is 14.8 Å². The topological polar surface area (TPSA) is 69.7 Å². The number of carbonyl (C=O) groups is 1. The summed E-state index contributed by atoms with van der Waals surface area (Å²) in [6.07, 6.45) is 6.43. The number of hydrogen-bond donors (Lipinski definition) is 1. The molecule has 2 heterocycles. The van der Waals surface area contributed by atoms with Gasteiger partial charge < -0.3 is 10.2 Å².